The van der Waals surface area contributed by atoms with Crippen molar-refractivity contribution in [3.63, 3.8) is 0 Å². The Labute approximate surface area is 149 Å². The highest BCUT2D eigenvalue weighted by Crippen LogP contribution is 2.26. The van der Waals surface area contributed by atoms with Gasteiger partial charge in [0.25, 0.3) is 0 Å². The number of piperidine rings is 1. The summed E-state index contributed by atoms with van der Waals surface area (Å²) in [6.07, 6.45) is 3.31. The number of rotatable bonds is 5. The molecule has 1 atom stereocenters. The highest BCUT2D eigenvalue weighted by molar-refractivity contribution is 7.89. The average molecular weight is 379 g/mol. The average Bonchev–Trinajstić information content (AvgIpc) is 3.14. The zero-order valence-corrected chi connectivity index (χ0v) is 14.9. The minimum Gasteiger partial charge on any atom is -0.302 e. The maximum Gasteiger partial charge on any atom is 0.243 e. The van der Waals surface area contributed by atoms with Crippen molar-refractivity contribution in [1.29, 1.82) is 0 Å². The Morgan fingerprint density at radius 2 is 2.16 bits per heavy atom. The molecule has 1 amide bonds. The summed E-state index contributed by atoms with van der Waals surface area (Å²) in [7, 11) is -3.82. The van der Waals surface area contributed by atoms with Crippen molar-refractivity contribution in [1.82, 2.24) is 9.29 Å². The molecule has 2 heterocycles. The number of thiazole rings is 1. The molecule has 0 saturated carbocycles. The molecule has 1 aliphatic rings. The molecular formula is C16H17N3O4S2. The normalized spacial score (nSPS) is 18.6. The zero-order valence-electron chi connectivity index (χ0n) is 13.3. The van der Waals surface area contributed by atoms with E-state index in [-0.39, 0.29) is 22.9 Å². The van der Waals surface area contributed by atoms with E-state index in [1.807, 2.05) is 0 Å². The Bertz CT molecular complexity index is 865. The van der Waals surface area contributed by atoms with Crippen molar-refractivity contribution < 1.29 is 18.0 Å². The molecule has 1 aromatic heterocycles. The van der Waals surface area contributed by atoms with Crippen LogP contribution < -0.4 is 5.32 Å². The summed E-state index contributed by atoms with van der Waals surface area (Å²) in [6, 6.07) is 6.08. The van der Waals surface area contributed by atoms with E-state index in [1.54, 1.807) is 23.7 Å². The number of hydrogen-bond donors (Lipinski definition) is 1. The molecule has 2 aromatic rings. The highest BCUT2D eigenvalue weighted by Gasteiger charge is 2.34. The molecule has 3 rings (SSSR count). The van der Waals surface area contributed by atoms with E-state index in [2.05, 4.69) is 10.3 Å². The lowest BCUT2D eigenvalue weighted by Gasteiger charge is -2.31. The number of nitrogens with zero attached hydrogens (tertiary/aromatic N) is 2. The van der Waals surface area contributed by atoms with E-state index >= 15 is 0 Å². The quantitative estimate of drug-likeness (QED) is 0.802. The van der Waals surface area contributed by atoms with Gasteiger partial charge in [0, 0.05) is 30.2 Å². The van der Waals surface area contributed by atoms with Gasteiger partial charge in [0.2, 0.25) is 15.9 Å². The number of nitrogens with one attached hydrogen (secondary N) is 1. The van der Waals surface area contributed by atoms with Crippen LogP contribution in [0.15, 0.2) is 40.7 Å². The number of sulfonamides is 1. The van der Waals surface area contributed by atoms with E-state index < -0.39 is 15.9 Å². The lowest BCUT2D eigenvalue weighted by atomic mass is 9.99. The number of aldehydes is 1. The molecule has 0 radical (unpaired) electrons. The van der Waals surface area contributed by atoms with Crippen LogP contribution in [0.25, 0.3) is 0 Å². The maximum atomic E-state index is 12.9. The van der Waals surface area contributed by atoms with E-state index in [0.717, 1.165) is 0 Å². The summed E-state index contributed by atoms with van der Waals surface area (Å²) in [6.45, 7) is 0.420. The molecule has 0 aliphatic carbocycles. The lowest BCUT2D eigenvalue weighted by molar-refractivity contribution is -0.120. The molecule has 1 N–H and O–H groups in total. The number of amides is 1. The highest BCUT2D eigenvalue weighted by atomic mass is 32.2. The van der Waals surface area contributed by atoms with E-state index in [4.69, 9.17) is 0 Å². The van der Waals surface area contributed by atoms with Crippen molar-refractivity contribution in [2.45, 2.75) is 17.7 Å². The summed E-state index contributed by atoms with van der Waals surface area (Å²) < 4.78 is 27.0. The number of benzene rings is 1. The molecule has 7 nitrogen and oxygen atoms in total. The van der Waals surface area contributed by atoms with Gasteiger partial charge in [-0.15, -0.1) is 11.3 Å². The van der Waals surface area contributed by atoms with Gasteiger partial charge in [0.05, 0.1) is 10.8 Å². The van der Waals surface area contributed by atoms with Crippen LogP contribution in [0, 0.1) is 5.92 Å². The molecular weight excluding hydrogens is 362 g/mol. The van der Waals surface area contributed by atoms with Gasteiger partial charge in [0.15, 0.2) is 11.4 Å². The summed E-state index contributed by atoms with van der Waals surface area (Å²) in [5.74, 6) is -0.686. The van der Waals surface area contributed by atoms with Crippen LogP contribution in [-0.4, -0.2) is 43.0 Å². The van der Waals surface area contributed by atoms with Crippen LogP contribution in [0.4, 0.5) is 5.13 Å². The van der Waals surface area contributed by atoms with Crippen molar-refractivity contribution in [3.05, 3.63) is 41.4 Å². The molecule has 0 bridgehead atoms. The van der Waals surface area contributed by atoms with Gasteiger partial charge in [0.1, 0.15) is 0 Å². The molecule has 1 unspecified atom stereocenters. The maximum absolute atomic E-state index is 12.9. The van der Waals surface area contributed by atoms with Crippen LogP contribution in [-0.2, 0) is 14.8 Å². The molecule has 1 aliphatic heterocycles. The molecule has 1 aromatic carbocycles. The third-order valence-electron chi connectivity index (χ3n) is 4.08. The van der Waals surface area contributed by atoms with Crippen LogP contribution in [0.1, 0.15) is 23.2 Å². The Morgan fingerprint density at radius 1 is 1.36 bits per heavy atom. The fourth-order valence-electron chi connectivity index (χ4n) is 2.82. The van der Waals surface area contributed by atoms with Crippen LogP contribution in [0.5, 0.6) is 0 Å². The molecule has 25 heavy (non-hydrogen) atoms. The third kappa shape index (κ3) is 3.78. The van der Waals surface area contributed by atoms with Gasteiger partial charge in [-0.25, -0.2) is 13.4 Å². The van der Waals surface area contributed by atoms with Crippen molar-refractivity contribution >= 4 is 38.7 Å². The lowest BCUT2D eigenvalue weighted by Crippen LogP contribution is -2.43. The predicted molar refractivity (Wildman–Crippen MR) is 94.1 cm³/mol. The van der Waals surface area contributed by atoms with Gasteiger partial charge in [-0.1, -0.05) is 18.2 Å². The first-order valence-corrected chi connectivity index (χ1v) is 10.1. The molecule has 1 fully saturated rings. The number of anilines is 1. The van der Waals surface area contributed by atoms with Crippen molar-refractivity contribution in [3.8, 4) is 0 Å². The van der Waals surface area contributed by atoms with Crippen molar-refractivity contribution in [2.75, 3.05) is 18.4 Å². The zero-order chi connectivity index (χ0) is 17.9. The first kappa shape index (κ1) is 17.7. The first-order valence-electron chi connectivity index (χ1n) is 7.77. The van der Waals surface area contributed by atoms with Gasteiger partial charge < -0.3 is 5.32 Å². The Hall–Kier alpha value is -2.10. The van der Waals surface area contributed by atoms with Gasteiger partial charge in [-0.2, -0.15) is 4.31 Å². The van der Waals surface area contributed by atoms with Crippen LogP contribution in [0.3, 0.4) is 0 Å². The van der Waals surface area contributed by atoms with Gasteiger partial charge >= 0.3 is 0 Å². The second-order valence-electron chi connectivity index (χ2n) is 5.68. The molecule has 132 valence electrons. The summed E-state index contributed by atoms with van der Waals surface area (Å²) in [5, 5.41) is 4.97. The fraction of sp³-hybridized carbons (Fsp3) is 0.312. The monoisotopic (exact) mass is 379 g/mol. The smallest absolute Gasteiger partial charge is 0.243 e. The number of aromatic nitrogens is 1. The van der Waals surface area contributed by atoms with E-state index in [0.29, 0.717) is 30.8 Å². The summed E-state index contributed by atoms with van der Waals surface area (Å²) in [4.78, 5) is 27.5. The predicted octanol–water partition coefficient (Wildman–Crippen LogP) is 2.00. The standard InChI is InChI=1S/C16H17N3O4S2/c20-11-13-4-1-2-6-14(13)25(22,23)19-8-3-5-12(10-19)15(21)18-16-17-7-9-24-16/h1-2,4,6-7,9,11-12H,3,5,8,10H2,(H,17,18,21). The minimum atomic E-state index is -3.82. The fourth-order valence-corrected chi connectivity index (χ4v) is 5.04. The Morgan fingerprint density at radius 3 is 2.88 bits per heavy atom. The van der Waals surface area contributed by atoms with E-state index in [1.165, 1.54) is 27.8 Å². The minimum absolute atomic E-state index is 0.0222. The van der Waals surface area contributed by atoms with Crippen molar-refractivity contribution in [2.24, 2.45) is 5.92 Å². The van der Waals surface area contributed by atoms with E-state index in [9.17, 15) is 18.0 Å². The third-order valence-corrected chi connectivity index (χ3v) is 6.71. The molecule has 1 saturated heterocycles. The summed E-state index contributed by atoms with van der Waals surface area (Å²) >= 11 is 1.31. The van der Waals surface area contributed by atoms with Gasteiger partial charge in [-0.05, 0) is 18.9 Å². The first-order chi connectivity index (χ1) is 12.0. The SMILES string of the molecule is O=Cc1ccccc1S(=O)(=O)N1CCCC(C(=O)Nc2nccs2)C1. The second kappa shape index (κ2) is 7.42. The summed E-state index contributed by atoms with van der Waals surface area (Å²) in [5.41, 5.74) is 0.122. The number of carbonyl (C=O) groups excluding carboxylic acids is 2. The van der Waals surface area contributed by atoms with Crippen LogP contribution >= 0.6 is 11.3 Å². The molecule has 9 heteroatoms. The molecule has 0 spiro atoms. The second-order valence-corrected chi connectivity index (χ2v) is 8.49. The van der Waals surface area contributed by atoms with Crippen LogP contribution in [0.2, 0.25) is 0 Å². The topological polar surface area (TPSA) is 96.4 Å². The number of hydrogen-bond acceptors (Lipinski definition) is 6. The Kier molecular flexibility index (Phi) is 5.26. The largest absolute Gasteiger partial charge is 0.302 e. The Balaban J connectivity index is 1.78. The number of carbonyl (C=O) groups is 2. The van der Waals surface area contributed by atoms with Gasteiger partial charge in [-0.3, -0.25) is 9.59 Å².